The molecule has 0 aliphatic rings. The number of hydrogen-bond donors (Lipinski definition) is 1. The Labute approximate surface area is 137 Å². The van der Waals surface area contributed by atoms with E-state index in [1.165, 1.54) is 5.56 Å². The van der Waals surface area contributed by atoms with Gasteiger partial charge in [-0.25, -0.2) is 4.98 Å². The number of nitrogens with zero attached hydrogens (tertiary/aromatic N) is 2. The van der Waals surface area contributed by atoms with Gasteiger partial charge in [0.05, 0.1) is 23.7 Å². The third-order valence-electron chi connectivity index (χ3n) is 4.11. The SMILES string of the molecule is CCOc1ccc2nc(C(C)N(C)Cc3ccccc3)[nH]c2c1. The van der Waals surface area contributed by atoms with E-state index in [9.17, 15) is 0 Å². The van der Waals surface area contributed by atoms with Crippen LogP contribution in [-0.2, 0) is 6.54 Å². The van der Waals surface area contributed by atoms with Crippen molar-refractivity contribution in [3.63, 3.8) is 0 Å². The first-order valence-electron chi connectivity index (χ1n) is 8.04. The second-order valence-corrected chi connectivity index (χ2v) is 5.81. The number of aromatic nitrogens is 2. The molecule has 1 aromatic heterocycles. The van der Waals surface area contributed by atoms with Crippen molar-refractivity contribution in [3.8, 4) is 5.75 Å². The summed E-state index contributed by atoms with van der Waals surface area (Å²) in [5, 5.41) is 0. The minimum Gasteiger partial charge on any atom is -0.494 e. The summed E-state index contributed by atoms with van der Waals surface area (Å²) in [6, 6.07) is 16.7. The number of H-pyrrole nitrogens is 1. The van der Waals surface area contributed by atoms with E-state index in [0.717, 1.165) is 29.2 Å². The number of ether oxygens (including phenoxy) is 1. The summed E-state index contributed by atoms with van der Waals surface area (Å²) in [4.78, 5) is 10.4. The lowest BCUT2D eigenvalue weighted by atomic mass is 10.2. The molecule has 0 spiro atoms. The number of imidazole rings is 1. The molecule has 1 N–H and O–H groups in total. The topological polar surface area (TPSA) is 41.1 Å². The monoisotopic (exact) mass is 309 g/mol. The predicted molar refractivity (Wildman–Crippen MR) is 93.6 cm³/mol. The smallest absolute Gasteiger partial charge is 0.124 e. The molecule has 0 aliphatic carbocycles. The highest BCUT2D eigenvalue weighted by Gasteiger charge is 2.16. The number of rotatable bonds is 6. The Morgan fingerprint density at radius 3 is 2.70 bits per heavy atom. The van der Waals surface area contributed by atoms with E-state index >= 15 is 0 Å². The molecule has 4 nitrogen and oxygen atoms in total. The Bertz CT molecular complexity index is 767. The average Bonchev–Trinajstić information content (AvgIpc) is 2.98. The van der Waals surface area contributed by atoms with Crippen LogP contribution in [0.15, 0.2) is 48.5 Å². The summed E-state index contributed by atoms with van der Waals surface area (Å²) in [6.07, 6.45) is 0. The van der Waals surface area contributed by atoms with E-state index < -0.39 is 0 Å². The van der Waals surface area contributed by atoms with Crippen molar-refractivity contribution in [2.24, 2.45) is 0 Å². The van der Waals surface area contributed by atoms with Gasteiger partial charge in [0, 0.05) is 12.6 Å². The molecule has 0 saturated heterocycles. The molecule has 1 heterocycles. The Balaban J connectivity index is 1.78. The Morgan fingerprint density at radius 1 is 1.17 bits per heavy atom. The first-order valence-corrected chi connectivity index (χ1v) is 8.04. The normalized spacial score (nSPS) is 12.7. The van der Waals surface area contributed by atoms with E-state index in [1.54, 1.807) is 0 Å². The zero-order valence-corrected chi connectivity index (χ0v) is 13.9. The van der Waals surface area contributed by atoms with Gasteiger partial charge in [-0.1, -0.05) is 30.3 Å². The molecule has 0 saturated carbocycles. The molecule has 0 bridgehead atoms. The largest absolute Gasteiger partial charge is 0.494 e. The third kappa shape index (κ3) is 3.54. The van der Waals surface area contributed by atoms with Crippen LogP contribution in [0.3, 0.4) is 0 Å². The van der Waals surface area contributed by atoms with Gasteiger partial charge in [-0.15, -0.1) is 0 Å². The maximum Gasteiger partial charge on any atom is 0.124 e. The maximum absolute atomic E-state index is 5.55. The van der Waals surface area contributed by atoms with Crippen LogP contribution >= 0.6 is 0 Å². The van der Waals surface area contributed by atoms with E-state index in [-0.39, 0.29) is 6.04 Å². The average molecular weight is 309 g/mol. The van der Waals surface area contributed by atoms with Crippen LogP contribution in [0.25, 0.3) is 11.0 Å². The Hall–Kier alpha value is -2.33. The second-order valence-electron chi connectivity index (χ2n) is 5.81. The van der Waals surface area contributed by atoms with Gasteiger partial charge in [-0.05, 0) is 38.6 Å². The molecule has 0 fully saturated rings. The summed E-state index contributed by atoms with van der Waals surface area (Å²) in [7, 11) is 2.12. The molecule has 4 heteroatoms. The van der Waals surface area contributed by atoms with Crippen molar-refractivity contribution in [2.45, 2.75) is 26.4 Å². The molecule has 120 valence electrons. The van der Waals surface area contributed by atoms with Gasteiger partial charge in [-0.3, -0.25) is 4.90 Å². The third-order valence-corrected chi connectivity index (χ3v) is 4.11. The van der Waals surface area contributed by atoms with E-state index in [4.69, 9.17) is 9.72 Å². The van der Waals surface area contributed by atoms with Crippen molar-refractivity contribution >= 4 is 11.0 Å². The molecule has 0 radical (unpaired) electrons. The van der Waals surface area contributed by atoms with Crippen LogP contribution in [0.5, 0.6) is 5.75 Å². The highest BCUT2D eigenvalue weighted by atomic mass is 16.5. The van der Waals surface area contributed by atoms with Gasteiger partial charge >= 0.3 is 0 Å². The standard InChI is InChI=1S/C19H23N3O/c1-4-23-16-10-11-17-18(12-16)21-19(20-17)14(2)22(3)13-15-8-6-5-7-9-15/h5-12,14H,4,13H2,1-3H3,(H,20,21). The molecule has 1 atom stereocenters. The van der Waals surface area contributed by atoms with Crippen LogP contribution < -0.4 is 4.74 Å². The van der Waals surface area contributed by atoms with Crippen molar-refractivity contribution < 1.29 is 4.74 Å². The van der Waals surface area contributed by atoms with E-state index in [2.05, 4.69) is 48.1 Å². The van der Waals surface area contributed by atoms with E-state index in [1.807, 2.05) is 31.2 Å². The summed E-state index contributed by atoms with van der Waals surface area (Å²) in [5.74, 6) is 1.85. The van der Waals surface area contributed by atoms with Crippen LogP contribution in [0.2, 0.25) is 0 Å². The highest BCUT2D eigenvalue weighted by Crippen LogP contribution is 2.24. The summed E-state index contributed by atoms with van der Waals surface area (Å²) in [5.41, 5.74) is 3.30. The zero-order chi connectivity index (χ0) is 16.2. The Morgan fingerprint density at radius 2 is 1.96 bits per heavy atom. The molecule has 2 aromatic carbocycles. The fraction of sp³-hybridized carbons (Fsp3) is 0.316. The summed E-state index contributed by atoms with van der Waals surface area (Å²) < 4.78 is 5.55. The minimum atomic E-state index is 0.207. The predicted octanol–water partition coefficient (Wildman–Crippen LogP) is 4.15. The molecule has 1 unspecified atom stereocenters. The molecule has 0 aliphatic heterocycles. The van der Waals surface area contributed by atoms with E-state index in [0.29, 0.717) is 6.61 Å². The molecule has 23 heavy (non-hydrogen) atoms. The van der Waals surface area contributed by atoms with Crippen LogP contribution in [0, 0.1) is 0 Å². The second kappa shape index (κ2) is 6.84. The quantitative estimate of drug-likeness (QED) is 0.743. The lowest BCUT2D eigenvalue weighted by Crippen LogP contribution is -2.22. The summed E-state index contributed by atoms with van der Waals surface area (Å²) in [6.45, 7) is 5.72. The van der Waals surface area contributed by atoms with Crippen LogP contribution in [-0.4, -0.2) is 28.5 Å². The maximum atomic E-state index is 5.55. The zero-order valence-electron chi connectivity index (χ0n) is 13.9. The number of nitrogens with one attached hydrogen (secondary N) is 1. The number of aromatic amines is 1. The first kappa shape index (κ1) is 15.6. The molecular weight excluding hydrogens is 286 g/mol. The fourth-order valence-electron chi connectivity index (χ4n) is 2.68. The van der Waals surface area contributed by atoms with Crippen molar-refractivity contribution in [1.29, 1.82) is 0 Å². The minimum absolute atomic E-state index is 0.207. The van der Waals surface area contributed by atoms with Gasteiger partial charge < -0.3 is 9.72 Å². The fourth-order valence-corrected chi connectivity index (χ4v) is 2.68. The number of fused-ring (bicyclic) bond motifs is 1. The van der Waals surface area contributed by atoms with Crippen molar-refractivity contribution in [1.82, 2.24) is 14.9 Å². The molecular formula is C19H23N3O. The summed E-state index contributed by atoms with van der Waals surface area (Å²) >= 11 is 0. The van der Waals surface area contributed by atoms with Crippen molar-refractivity contribution in [2.75, 3.05) is 13.7 Å². The number of hydrogen-bond acceptors (Lipinski definition) is 3. The van der Waals surface area contributed by atoms with Gasteiger partial charge in [0.2, 0.25) is 0 Å². The molecule has 3 rings (SSSR count). The van der Waals surface area contributed by atoms with Gasteiger partial charge in [0.15, 0.2) is 0 Å². The van der Waals surface area contributed by atoms with Crippen LogP contribution in [0.4, 0.5) is 0 Å². The number of benzene rings is 2. The Kier molecular flexibility index (Phi) is 4.63. The van der Waals surface area contributed by atoms with Gasteiger partial charge in [0.1, 0.15) is 11.6 Å². The molecule has 3 aromatic rings. The lowest BCUT2D eigenvalue weighted by Gasteiger charge is -2.23. The molecule has 0 amide bonds. The van der Waals surface area contributed by atoms with Crippen molar-refractivity contribution in [3.05, 3.63) is 59.9 Å². The highest BCUT2D eigenvalue weighted by molar-refractivity contribution is 5.76. The first-order chi connectivity index (χ1) is 11.2. The van der Waals surface area contributed by atoms with Gasteiger partial charge in [-0.2, -0.15) is 0 Å². The van der Waals surface area contributed by atoms with Gasteiger partial charge in [0.25, 0.3) is 0 Å². The lowest BCUT2D eigenvalue weighted by molar-refractivity contribution is 0.245. The van der Waals surface area contributed by atoms with Crippen LogP contribution in [0.1, 0.15) is 31.3 Å².